The number of aromatic nitrogens is 1. The van der Waals surface area contributed by atoms with Crippen LogP contribution in [0.25, 0.3) is 20.8 Å². The number of carbonyl (C=O) groups is 2. The van der Waals surface area contributed by atoms with E-state index in [-0.39, 0.29) is 17.0 Å². The van der Waals surface area contributed by atoms with E-state index in [0.717, 1.165) is 32.4 Å². The summed E-state index contributed by atoms with van der Waals surface area (Å²) in [7, 11) is 1.30. The SMILES string of the molecule is COc1ccc(C(=O)SNC(=O)Nc2cccc(-c3nc4ccccc4s3)c2C)cc1[N+](=O)[O-]. The first kappa shape index (κ1) is 23.2. The Morgan fingerprint density at radius 1 is 1.12 bits per heavy atom. The van der Waals surface area contributed by atoms with Gasteiger partial charge in [0.05, 0.1) is 22.2 Å². The molecule has 0 saturated carbocycles. The van der Waals surface area contributed by atoms with Gasteiger partial charge in [-0.2, -0.15) is 0 Å². The van der Waals surface area contributed by atoms with Crippen LogP contribution in [0.15, 0.2) is 60.7 Å². The molecule has 0 saturated heterocycles. The summed E-state index contributed by atoms with van der Waals surface area (Å²) in [6, 6.07) is 16.6. The number of hydrogen-bond donors (Lipinski definition) is 2. The number of methoxy groups -OCH3 is 1. The molecule has 172 valence electrons. The Hall–Kier alpha value is -3.96. The van der Waals surface area contributed by atoms with Gasteiger partial charge in [0.2, 0.25) is 5.12 Å². The number of para-hydroxylation sites is 1. The molecule has 0 aliphatic heterocycles. The molecule has 0 bridgehead atoms. The van der Waals surface area contributed by atoms with Crippen molar-refractivity contribution in [3.05, 3.63) is 81.9 Å². The van der Waals surface area contributed by atoms with Gasteiger partial charge in [0, 0.05) is 34.8 Å². The third-order valence-electron chi connectivity index (χ3n) is 4.95. The maximum Gasteiger partial charge on any atom is 0.329 e. The zero-order valence-corrected chi connectivity index (χ0v) is 19.7. The lowest BCUT2D eigenvalue weighted by atomic mass is 10.1. The number of anilines is 1. The topological polar surface area (TPSA) is 123 Å². The van der Waals surface area contributed by atoms with Crippen LogP contribution in [0.3, 0.4) is 0 Å². The van der Waals surface area contributed by atoms with Crippen molar-refractivity contribution in [3.63, 3.8) is 0 Å². The number of carbonyl (C=O) groups excluding carboxylic acids is 2. The molecule has 1 heterocycles. The van der Waals surface area contributed by atoms with Crippen molar-refractivity contribution in [2.75, 3.05) is 12.4 Å². The Kier molecular flexibility index (Phi) is 6.75. The number of nitrogens with zero attached hydrogens (tertiary/aromatic N) is 2. The van der Waals surface area contributed by atoms with Crippen LogP contribution >= 0.6 is 23.3 Å². The molecule has 0 radical (unpaired) electrons. The molecule has 0 unspecified atom stereocenters. The number of nitro groups is 1. The fourth-order valence-corrected chi connectivity index (χ4v) is 4.78. The smallest absolute Gasteiger partial charge is 0.329 e. The van der Waals surface area contributed by atoms with Crippen LogP contribution in [0.1, 0.15) is 15.9 Å². The Morgan fingerprint density at radius 2 is 1.91 bits per heavy atom. The van der Waals surface area contributed by atoms with Gasteiger partial charge in [-0.1, -0.05) is 24.3 Å². The molecule has 0 spiro atoms. The van der Waals surface area contributed by atoms with E-state index in [0.29, 0.717) is 17.6 Å². The van der Waals surface area contributed by atoms with E-state index < -0.39 is 16.1 Å². The van der Waals surface area contributed by atoms with Crippen LogP contribution in [0.4, 0.5) is 16.2 Å². The minimum atomic E-state index is -0.637. The van der Waals surface area contributed by atoms with Crippen LogP contribution < -0.4 is 14.8 Å². The van der Waals surface area contributed by atoms with E-state index in [1.807, 2.05) is 43.3 Å². The fraction of sp³-hybridized carbons (Fsp3) is 0.0870. The number of rotatable bonds is 5. The van der Waals surface area contributed by atoms with Crippen molar-refractivity contribution in [2.45, 2.75) is 6.92 Å². The van der Waals surface area contributed by atoms with E-state index >= 15 is 0 Å². The maximum absolute atomic E-state index is 12.4. The summed E-state index contributed by atoms with van der Waals surface area (Å²) < 4.78 is 8.42. The zero-order chi connectivity index (χ0) is 24.2. The first-order valence-corrected chi connectivity index (χ1v) is 11.6. The van der Waals surface area contributed by atoms with E-state index in [9.17, 15) is 19.7 Å². The highest BCUT2D eigenvalue weighted by atomic mass is 32.2. The quantitative estimate of drug-likeness (QED) is 0.204. The summed E-state index contributed by atoms with van der Waals surface area (Å²) in [4.78, 5) is 40.0. The summed E-state index contributed by atoms with van der Waals surface area (Å²) in [6.07, 6.45) is 0. The molecule has 9 nitrogen and oxygen atoms in total. The minimum absolute atomic E-state index is 0.0423. The Morgan fingerprint density at radius 3 is 2.65 bits per heavy atom. The number of nitrogens with one attached hydrogen (secondary N) is 2. The van der Waals surface area contributed by atoms with Gasteiger partial charge < -0.3 is 10.1 Å². The van der Waals surface area contributed by atoms with Gasteiger partial charge in [0.1, 0.15) is 5.01 Å². The molecular formula is C23H18N4O5S2. The lowest BCUT2D eigenvalue weighted by Gasteiger charge is -2.11. The monoisotopic (exact) mass is 494 g/mol. The highest BCUT2D eigenvalue weighted by molar-refractivity contribution is 8.12. The van der Waals surface area contributed by atoms with Crippen molar-refractivity contribution in [3.8, 4) is 16.3 Å². The highest BCUT2D eigenvalue weighted by Crippen LogP contribution is 2.34. The van der Waals surface area contributed by atoms with E-state index in [1.165, 1.54) is 19.2 Å². The van der Waals surface area contributed by atoms with Crippen LogP contribution in [-0.2, 0) is 0 Å². The zero-order valence-electron chi connectivity index (χ0n) is 18.0. The Balaban J connectivity index is 1.44. The largest absolute Gasteiger partial charge is 0.490 e. The molecular weight excluding hydrogens is 476 g/mol. The van der Waals surface area contributed by atoms with Crippen molar-refractivity contribution in [1.29, 1.82) is 0 Å². The van der Waals surface area contributed by atoms with Gasteiger partial charge in [-0.15, -0.1) is 11.3 Å². The number of thiazole rings is 1. The molecule has 34 heavy (non-hydrogen) atoms. The number of urea groups is 1. The number of ether oxygens (including phenoxy) is 1. The number of hydrogen-bond acceptors (Lipinski definition) is 8. The van der Waals surface area contributed by atoms with Crippen LogP contribution in [0.2, 0.25) is 0 Å². The highest BCUT2D eigenvalue weighted by Gasteiger charge is 2.19. The molecule has 4 rings (SSSR count). The molecule has 2 amide bonds. The second-order valence-corrected chi connectivity index (χ2v) is 8.86. The Bertz CT molecular complexity index is 1390. The minimum Gasteiger partial charge on any atom is -0.490 e. The van der Waals surface area contributed by atoms with E-state index in [1.54, 1.807) is 17.4 Å². The summed E-state index contributed by atoms with van der Waals surface area (Å²) in [6.45, 7) is 1.88. The molecule has 0 fully saturated rings. The van der Waals surface area contributed by atoms with E-state index in [4.69, 9.17) is 4.74 Å². The molecule has 0 aliphatic carbocycles. The van der Waals surface area contributed by atoms with Crippen molar-refractivity contribution in [1.82, 2.24) is 9.71 Å². The van der Waals surface area contributed by atoms with Crippen molar-refractivity contribution >= 4 is 56.0 Å². The van der Waals surface area contributed by atoms with Gasteiger partial charge in [0.25, 0.3) is 0 Å². The first-order chi connectivity index (χ1) is 16.4. The maximum atomic E-state index is 12.4. The average Bonchev–Trinajstić information content (AvgIpc) is 3.27. The van der Waals surface area contributed by atoms with Crippen LogP contribution in [-0.4, -0.2) is 28.2 Å². The predicted molar refractivity (Wildman–Crippen MR) is 134 cm³/mol. The predicted octanol–water partition coefficient (Wildman–Crippen LogP) is 5.80. The normalized spacial score (nSPS) is 10.6. The van der Waals surface area contributed by atoms with Crippen LogP contribution in [0, 0.1) is 17.0 Å². The van der Waals surface area contributed by atoms with Gasteiger partial charge in [-0.25, -0.2) is 9.78 Å². The number of nitro benzene ring substituents is 1. The van der Waals surface area contributed by atoms with Crippen LogP contribution in [0.5, 0.6) is 5.75 Å². The summed E-state index contributed by atoms with van der Waals surface area (Å²) in [5, 5.41) is 14.2. The molecule has 3 aromatic carbocycles. The molecule has 2 N–H and O–H groups in total. The van der Waals surface area contributed by atoms with Crippen molar-refractivity contribution in [2.24, 2.45) is 0 Å². The number of amides is 2. The molecule has 4 aromatic rings. The lowest BCUT2D eigenvalue weighted by molar-refractivity contribution is -0.385. The fourth-order valence-electron chi connectivity index (χ4n) is 3.25. The van der Waals surface area contributed by atoms with Gasteiger partial charge in [-0.3, -0.25) is 19.6 Å². The van der Waals surface area contributed by atoms with Gasteiger partial charge >= 0.3 is 11.7 Å². The molecule has 0 atom stereocenters. The second kappa shape index (κ2) is 9.89. The second-order valence-electron chi connectivity index (χ2n) is 7.05. The number of benzene rings is 3. The number of fused-ring (bicyclic) bond motifs is 1. The molecule has 11 heteroatoms. The standard InChI is InChI=1S/C23H18N4O5S2/c1-13-15(21-24-17-7-3-4-9-20(17)33-21)6-5-8-16(13)25-23(29)26-34-22(28)14-10-11-19(32-2)18(12-14)27(30)31/h3-12H,1-2H3,(H2,25,26,29). The third-order valence-corrected chi connectivity index (χ3v) is 6.73. The average molecular weight is 495 g/mol. The Labute approximate surface area is 202 Å². The molecule has 0 aliphatic rings. The lowest BCUT2D eigenvalue weighted by Crippen LogP contribution is -2.24. The molecule has 1 aromatic heterocycles. The first-order valence-electron chi connectivity index (χ1n) is 9.93. The van der Waals surface area contributed by atoms with E-state index in [2.05, 4.69) is 15.0 Å². The van der Waals surface area contributed by atoms with Crippen molar-refractivity contribution < 1.29 is 19.2 Å². The van der Waals surface area contributed by atoms with Gasteiger partial charge in [-0.05, 0) is 42.8 Å². The summed E-state index contributed by atoms with van der Waals surface area (Å²) in [5.41, 5.74) is 2.94. The van der Waals surface area contributed by atoms with Gasteiger partial charge in [0.15, 0.2) is 5.75 Å². The summed E-state index contributed by atoms with van der Waals surface area (Å²) >= 11 is 2.09. The third kappa shape index (κ3) is 4.85. The summed E-state index contributed by atoms with van der Waals surface area (Å²) in [5.74, 6) is 0.0423.